The van der Waals surface area contributed by atoms with Gasteiger partial charge >= 0.3 is 0 Å². The molecule has 0 aromatic carbocycles. The molecule has 2 rings (SSSR count). The average molecular weight is 176 g/mol. The SMILES string of the molecule is Cc1cccnc1[C@H]1[C@H](N)C1(C)C. The zero-order chi connectivity index (χ0) is 9.64. The first-order valence-electron chi connectivity index (χ1n) is 4.72. The van der Waals surface area contributed by atoms with E-state index in [0.29, 0.717) is 5.92 Å². The van der Waals surface area contributed by atoms with E-state index < -0.39 is 0 Å². The molecule has 2 N–H and O–H groups in total. The standard InChI is InChI=1S/C11H16N2/c1-7-5-4-6-13-9(7)8-10(12)11(8,2)3/h4-6,8,10H,12H2,1-3H3/t8-,10-/m0/s1. The van der Waals surface area contributed by atoms with Crippen molar-refractivity contribution in [1.82, 2.24) is 4.98 Å². The molecule has 1 heterocycles. The molecule has 1 fully saturated rings. The molecule has 0 unspecified atom stereocenters. The lowest BCUT2D eigenvalue weighted by molar-refractivity contribution is 0.594. The molecule has 2 heteroatoms. The topological polar surface area (TPSA) is 38.9 Å². The predicted octanol–water partition coefficient (Wildman–Crippen LogP) is 1.84. The van der Waals surface area contributed by atoms with Crippen molar-refractivity contribution in [2.75, 3.05) is 0 Å². The molecular weight excluding hydrogens is 160 g/mol. The van der Waals surface area contributed by atoms with Crippen molar-refractivity contribution in [2.24, 2.45) is 11.1 Å². The lowest BCUT2D eigenvalue weighted by Gasteiger charge is -2.04. The Bertz CT molecular complexity index is 331. The van der Waals surface area contributed by atoms with E-state index in [1.165, 1.54) is 11.3 Å². The second kappa shape index (κ2) is 2.55. The third-order valence-electron chi connectivity index (χ3n) is 3.26. The smallest absolute Gasteiger partial charge is 0.0485 e. The minimum atomic E-state index is 0.235. The number of hydrogen-bond donors (Lipinski definition) is 1. The molecule has 0 aliphatic heterocycles. The Morgan fingerprint density at radius 2 is 2.08 bits per heavy atom. The Morgan fingerprint density at radius 1 is 1.46 bits per heavy atom. The van der Waals surface area contributed by atoms with E-state index in [0.717, 1.165) is 0 Å². The normalized spacial score (nSPS) is 30.2. The number of hydrogen-bond acceptors (Lipinski definition) is 2. The molecule has 0 saturated heterocycles. The van der Waals surface area contributed by atoms with Gasteiger partial charge in [0.25, 0.3) is 0 Å². The molecule has 0 bridgehead atoms. The first-order valence-corrected chi connectivity index (χ1v) is 4.72. The van der Waals surface area contributed by atoms with Crippen molar-refractivity contribution in [3.8, 4) is 0 Å². The van der Waals surface area contributed by atoms with Gasteiger partial charge in [-0.25, -0.2) is 0 Å². The fourth-order valence-electron chi connectivity index (χ4n) is 2.02. The van der Waals surface area contributed by atoms with Crippen LogP contribution in [0, 0.1) is 12.3 Å². The summed E-state index contributed by atoms with van der Waals surface area (Å²) in [4.78, 5) is 4.41. The van der Waals surface area contributed by atoms with Crippen molar-refractivity contribution in [3.63, 3.8) is 0 Å². The summed E-state index contributed by atoms with van der Waals surface area (Å²) in [5, 5.41) is 0. The molecule has 70 valence electrons. The lowest BCUT2D eigenvalue weighted by Crippen LogP contribution is -2.06. The summed E-state index contributed by atoms with van der Waals surface area (Å²) in [5.41, 5.74) is 8.68. The van der Waals surface area contributed by atoms with E-state index >= 15 is 0 Å². The van der Waals surface area contributed by atoms with E-state index in [9.17, 15) is 0 Å². The van der Waals surface area contributed by atoms with Gasteiger partial charge in [0, 0.05) is 23.9 Å². The second-order valence-corrected chi connectivity index (χ2v) is 4.53. The van der Waals surface area contributed by atoms with Crippen LogP contribution in [0.1, 0.15) is 31.0 Å². The van der Waals surface area contributed by atoms with Crippen LogP contribution in [-0.4, -0.2) is 11.0 Å². The zero-order valence-electron chi connectivity index (χ0n) is 8.41. The maximum Gasteiger partial charge on any atom is 0.0485 e. The summed E-state index contributed by atoms with van der Waals surface area (Å²) in [6.45, 7) is 6.51. The summed E-state index contributed by atoms with van der Waals surface area (Å²) < 4.78 is 0. The average Bonchev–Trinajstić information content (AvgIpc) is 2.54. The molecule has 1 saturated carbocycles. The van der Waals surface area contributed by atoms with Crippen molar-refractivity contribution < 1.29 is 0 Å². The number of rotatable bonds is 1. The van der Waals surface area contributed by atoms with Gasteiger partial charge in [0.15, 0.2) is 0 Å². The second-order valence-electron chi connectivity index (χ2n) is 4.53. The molecule has 0 radical (unpaired) electrons. The summed E-state index contributed by atoms with van der Waals surface area (Å²) in [6, 6.07) is 4.35. The molecular formula is C11H16N2. The first kappa shape index (κ1) is 8.70. The fraction of sp³-hybridized carbons (Fsp3) is 0.545. The quantitative estimate of drug-likeness (QED) is 0.709. The molecule has 1 aliphatic rings. The maximum atomic E-state index is 6.01. The van der Waals surface area contributed by atoms with Gasteiger partial charge < -0.3 is 5.73 Å². The molecule has 2 atom stereocenters. The van der Waals surface area contributed by atoms with Gasteiger partial charge in [-0.05, 0) is 24.0 Å². The molecule has 2 nitrogen and oxygen atoms in total. The Hall–Kier alpha value is -0.890. The number of pyridine rings is 1. The Kier molecular flexibility index (Phi) is 1.70. The lowest BCUT2D eigenvalue weighted by atomic mass is 10.0. The fourth-order valence-corrected chi connectivity index (χ4v) is 2.02. The van der Waals surface area contributed by atoms with Crippen LogP contribution in [0.25, 0.3) is 0 Å². The van der Waals surface area contributed by atoms with E-state index in [2.05, 4.69) is 31.8 Å². The predicted molar refractivity (Wildman–Crippen MR) is 53.5 cm³/mol. The molecule has 1 aromatic heterocycles. The van der Waals surface area contributed by atoms with Crippen LogP contribution in [0.5, 0.6) is 0 Å². The van der Waals surface area contributed by atoms with Crippen molar-refractivity contribution in [2.45, 2.75) is 32.7 Å². The summed E-state index contributed by atoms with van der Waals surface area (Å²) >= 11 is 0. The molecule has 0 amide bonds. The van der Waals surface area contributed by atoms with E-state index in [1.54, 1.807) is 0 Å². The highest BCUT2D eigenvalue weighted by atomic mass is 14.9. The number of nitrogens with two attached hydrogens (primary N) is 1. The van der Waals surface area contributed by atoms with Crippen molar-refractivity contribution in [3.05, 3.63) is 29.6 Å². The van der Waals surface area contributed by atoms with Gasteiger partial charge in [-0.2, -0.15) is 0 Å². The van der Waals surface area contributed by atoms with Gasteiger partial charge in [0.05, 0.1) is 0 Å². The van der Waals surface area contributed by atoms with Crippen LogP contribution >= 0.6 is 0 Å². The van der Waals surface area contributed by atoms with Crippen LogP contribution in [0.4, 0.5) is 0 Å². The number of aromatic nitrogens is 1. The molecule has 1 aromatic rings. The third kappa shape index (κ3) is 1.17. The van der Waals surface area contributed by atoms with E-state index in [4.69, 9.17) is 5.73 Å². The zero-order valence-corrected chi connectivity index (χ0v) is 8.41. The summed E-state index contributed by atoms with van der Waals surface area (Å²) in [5.74, 6) is 0.452. The highest BCUT2D eigenvalue weighted by Crippen LogP contribution is 2.57. The minimum absolute atomic E-state index is 0.235. The van der Waals surface area contributed by atoms with Gasteiger partial charge in [-0.3, -0.25) is 4.98 Å². The molecule has 1 aliphatic carbocycles. The van der Waals surface area contributed by atoms with Crippen LogP contribution in [-0.2, 0) is 0 Å². The van der Waals surface area contributed by atoms with Crippen LogP contribution in [0.3, 0.4) is 0 Å². The van der Waals surface area contributed by atoms with E-state index in [1.807, 2.05) is 12.3 Å². The highest BCUT2D eigenvalue weighted by Gasteiger charge is 2.57. The van der Waals surface area contributed by atoms with Gasteiger partial charge in [0.1, 0.15) is 0 Å². The monoisotopic (exact) mass is 176 g/mol. The minimum Gasteiger partial charge on any atom is -0.327 e. The van der Waals surface area contributed by atoms with Crippen LogP contribution < -0.4 is 5.73 Å². The maximum absolute atomic E-state index is 6.01. The van der Waals surface area contributed by atoms with E-state index in [-0.39, 0.29) is 11.5 Å². The van der Waals surface area contributed by atoms with Crippen molar-refractivity contribution in [1.29, 1.82) is 0 Å². The Morgan fingerprint density at radius 3 is 2.54 bits per heavy atom. The Labute approximate surface area is 79.2 Å². The highest BCUT2D eigenvalue weighted by molar-refractivity contribution is 5.34. The van der Waals surface area contributed by atoms with Crippen LogP contribution in [0.2, 0.25) is 0 Å². The number of nitrogens with zero attached hydrogens (tertiary/aromatic N) is 1. The van der Waals surface area contributed by atoms with Crippen molar-refractivity contribution >= 4 is 0 Å². The van der Waals surface area contributed by atoms with Gasteiger partial charge in [-0.1, -0.05) is 19.9 Å². The van der Waals surface area contributed by atoms with Gasteiger partial charge in [0.2, 0.25) is 0 Å². The summed E-state index contributed by atoms with van der Waals surface area (Å²) in [7, 11) is 0. The third-order valence-corrected chi connectivity index (χ3v) is 3.26. The largest absolute Gasteiger partial charge is 0.327 e. The molecule has 0 spiro atoms. The Balaban J connectivity index is 2.34. The number of aryl methyl sites for hydroxylation is 1. The first-order chi connectivity index (χ1) is 6.05. The van der Waals surface area contributed by atoms with Gasteiger partial charge in [-0.15, -0.1) is 0 Å². The summed E-state index contributed by atoms with van der Waals surface area (Å²) in [6.07, 6.45) is 1.85. The van der Waals surface area contributed by atoms with Crippen LogP contribution in [0.15, 0.2) is 18.3 Å². The molecule has 13 heavy (non-hydrogen) atoms.